The Labute approximate surface area is 232 Å². The molecule has 206 valence electrons. The Morgan fingerprint density at radius 2 is 1.63 bits per heavy atom. The molecule has 0 bridgehead atoms. The molecule has 0 radical (unpaired) electrons. The van der Waals surface area contributed by atoms with Crippen LogP contribution in [0.1, 0.15) is 74.5 Å². The van der Waals surface area contributed by atoms with Crippen molar-refractivity contribution >= 4 is 23.3 Å². The number of urea groups is 1. The van der Waals surface area contributed by atoms with Crippen LogP contribution in [0, 0.1) is 5.41 Å². The molecule has 3 fully saturated rings. The summed E-state index contributed by atoms with van der Waals surface area (Å²) < 4.78 is 0. The van der Waals surface area contributed by atoms with Crippen molar-refractivity contribution < 1.29 is 9.59 Å². The van der Waals surface area contributed by atoms with Crippen molar-refractivity contribution in [2.45, 2.75) is 83.8 Å². The Morgan fingerprint density at radius 3 is 2.34 bits per heavy atom. The van der Waals surface area contributed by atoms with E-state index in [9.17, 15) is 9.59 Å². The average molecular weight is 537 g/mol. The van der Waals surface area contributed by atoms with E-state index < -0.39 is 0 Å². The molecule has 0 unspecified atom stereocenters. The number of hydrogen-bond donors (Lipinski definition) is 1. The fourth-order valence-corrected chi connectivity index (χ4v) is 7.25. The smallest absolute Gasteiger partial charge is 0.320 e. The summed E-state index contributed by atoms with van der Waals surface area (Å²) in [6, 6.07) is 13.8. The van der Waals surface area contributed by atoms with Gasteiger partial charge in [-0.15, -0.1) is 11.3 Å². The third-order valence-corrected chi connectivity index (χ3v) is 10.2. The summed E-state index contributed by atoms with van der Waals surface area (Å²) in [4.78, 5) is 34.3. The maximum Gasteiger partial charge on any atom is 0.320 e. The van der Waals surface area contributed by atoms with E-state index in [1.165, 1.54) is 31.2 Å². The molecule has 1 aromatic heterocycles. The monoisotopic (exact) mass is 536 g/mol. The Balaban J connectivity index is 1.11. The lowest BCUT2D eigenvalue weighted by Gasteiger charge is -2.36. The van der Waals surface area contributed by atoms with E-state index in [1.54, 1.807) is 11.3 Å². The second-order valence-corrected chi connectivity index (χ2v) is 13.4. The van der Waals surface area contributed by atoms with Crippen LogP contribution in [0.4, 0.5) is 4.79 Å². The first-order valence-electron chi connectivity index (χ1n) is 14.5. The van der Waals surface area contributed by atoms with Crippen molar-refractivity contribution in [3.8, 4) is 10.4 Å². The number of aryl methyl sites for hydroxylation is 1. The molecule has 1 saturated carbocycles. The molecule has 5 rings (SSSR count). The molecular weight excluding hydrogens is 492 g/mol. The van der Waals surface area contributed by atoms with Gasteiger partial charge in [-0.25, -0.2) is 4.79 Å². The number of amides is 3. The zero-order chi connectivity index (χ0) is 26.9. The fraction of sp³-hybridized carbons (Fsp3) is 0.613. The molecule has 3 aliphatic rings. The van der Waals surface area contributed by atoms with Gasteiger partial charge in [-0.2, -0.15) is 0 Å². The van der Waals surface area contributed by atoms with Gasteiger partial charge in [0, 0.05) is 50.2 Å². The van der Waals surface area contributed by atoms with E-state index >= 15 is 0 Å². The molecule has 6 nitrogen and oxygen atoms in total. The third-order valence-electron chi connectivity index (χ3n) is 9.03. The predicted octanol–water partition coefficient (Wildman–Crippen LogP) is 5.88. The van der Waals surface area contributed by atoms with Crippen LogP contribution >= 0.6 is 11.3 Å². The van der Waals surface area contributed by atoms with Crippen LogP contribution < -0.4 is 5.32 Å². The van der Waals surface area contributed by atoms with E-state index in [4.69, 9.17) is 0 Å². The summed E-state index contributed by atoms with van der Waals surface area (Å²) in [5.41, 5.74) is 2.94. The van der Waals surface area contributed by atoms with Crippen LogP contribution in [0.5, 0.6) is 0 Å². The second kappa shape index (κ2) is 11.4. The molecular formula is C31H44N4O2S. The van der Waals surface area contributed by atoms with Gasteiger partial charge in [-0.1, -0.05) is 45.0 Å². The van der Waals surface area contributed by atoms with E-state index in [0.717, 1.165) is 47.7 Å². The van der Waals surface area contributed by atoms with E-state index in [2.05, 4.69) is 50.4 Å². The molecule has 1 aromatic carbocycles. The molecule has 2 saturated heterocycles. The normalized spacial score (nSPS) is 23.7. The van der Waals surface area contributed by atoms with Gasteiger partial charge in [0.05, 0.1) is 10.9 Å². The second-order valence-electron chi connectivity index (χ2n) is 12.3. The van der Waals surface area contributed by atoms with Crippen LogP contribution in [-0.4, -0.2) is 78.0 Å². The molecule has 38 heavy (non-hydrogen) atoms. The number of likely N-dealkylation sites (tertiary alicyclic amines) is 2. The van der Waals surface area contributed by atoms with E-state index in [0.29, 0.717) is 30.6 Å². The van der Waals surface area contributed by atoms with Crippen molar-refractivity contribution in [3.63, 3.8) is 0 Å². The summed E-state index contributed by atoms with van der Waals surface area (Å²) in [5.74, 6) is 0.0480. The summed E-state index contributed by atoms with van der Waals surface area (Å²) in [5, 5.41) is 3.85. The zero-order valence-corrected chi connectivity index (χ0v) is 24.4. The van der Waals surface area contributed by atoms with Crippen LogP contribution in [-0.2, 0) is 6.42 Å². The number of hydrogen-bond acceptors (Lipinski definition) is 4. The highest BCUT2D eigenvalue weighted by atomic mass is 32.1. The van der Waals surface area contributed by atoms with Gasteiger partial charge in [-0.05, 0) is 73.6 Å². The van der Waals surface area contributed by atoms with Crippen molar-refractivity contribution in [1.29, 1.82) is 0 Å². The Kier molecular flexibility index (Phi) is 8.15. The molecule has 2 aliphatic heterocycles. The van der Waals surface area contributed by atoms with Gasteiger partial charge < -0.3 is 20.0 Å². The van der Waals surface area contributed by atoms with E-state index in [-0.39, 0.29) is 18.0 Å². The number of benzene rings is 1. The van der Waals surface area contributed by atoms with Crippen LogP contribution in [0.2, 0.25) is 0 Å². The number of rotatable bonds is 6. The number of carbonyl (C=O) groups is 2. The minimum atomic E-state index is 0.0480. The van der Waals surface area contributed by atoms with Crippen molar-refractivity contribution in [3.05, 3.63) is 46.8 Å². The lowest BCUT2D eigenvalue weighted by Crippen LogP contribution is -2.46. The minimum absolute atomic E-state index is 0.0480. The average Bonchev–Trinajstić information content (AvgIpc) is 3.70. The fourth-order valence-electron chi connectivity index (χ4n) is 6.25. The van der Waals surface area contributed by atoms with Crippen molar-refractivity contribution in [2.75, 3.05) is 33.2 Å². The standard InChI is InChI=1S/C31H44N4O2S/c1-5-22-6-8-23(9-7-22)27-10-11-28(38-27)29(36)33(4)26-15-19-35(21-26)30(37)34-18-14-25(20-34)32-24-12-16-31(2,3)17-13-24/h6-11,24-26,32H,5,12-21H2,1-4H3/t25-,26+/m1/s1. The molecule has 3 amide bonds. The molecule has 7 heteroatoms. The first-order chi connectivity index (χ1) is 18.2. The SMILES string of the molecule is CCc1ccc(-c2ccc(C(=O)N(C)[C@H]3CCN(C(=O)N4CC[C@@H](NC5CCC(C)(C)CC5)C4)C3)s2)cc1. The maximum absolute atomic E-state index is 13.3. The maximum atomic E-state index is 13.3. The summed E-state index contributed by atoms with van der Waals surface area (Å²) >= 11 is 1.55. The van der Waals surface area contributed by atoms with Gasteiger partial charge in [0.1, 0.15) is 0 Å². The van der Waals surface area contributed by atoms with Crippen LogP contribution in [0.15, 0.2) is 36.4 Å². The highest BCUT2D eigenvalue weighted by Crippen LogP contribution is 2.35. The number of likely N-dealkylation sites (N-methyl/N-ethyl adjacent to an activating group) is 1. The number of nitrogens with zero attached hydrogens (tertiary/aromatic N) is 3. The first kappa shape index (κ1) is 27.2. The number of thiophene rings is 1. The Morgan fingerprint density at radius 1 is 0.947 bits per heavy atom. The topological polar surface area (TPSA) is 55.9 Å². The van der Waals surface area contributed by atoms with Gasteiger partial charge in [0.2, 0.25) is 0 Å². The van der Waals surface area contributed by atoms with E-state index in [1.807, 2.05) is 33.9 Å². The summed E-state index contributed by atoms with van der Waals surface area (Å²) in [6.45, 7) is 9.85. The Hall–Kier alpha value is -2.38. The molecule has 2 aromatic rings. The molecule has 1 N–H and O–H groups in total. The Bertz CT molecular complexity index is 1120. The van der Waals surface area contributed by atoms with Gasteiger partial charge >= 0.3 is 6.03 Å². The lowest BCUT2D eigenvalue weighted by atomic mass is 9.75. The number of nitrogens with one attached hydrogen (secondary N) is 1. The van der Waals surface area contributed by atoms with Crippen molar-refractivity contribution in [2.24, 2.45) is 5.41 Å². The largest absolute Gasteiger partial charge is 0.336 e. The highest BCUT2D eigenvalue weighted by molar-refractivity contribution is 7.17. The molecule has 3 heterocycles. The first-order valence-corrected chi connectivity index (χ1v) is 15.3. The molecule has 1 aliphatic carbocycles. The predicted molar refractivity (Wildman–Crippen MR) is 156 cm³/mol. The molecule has 2 atom stereocenters. The third kappa shape index (κ3) is 6.09. The summed E-state index contributed by atoms with van der Waals surface area (Å²) in [7, 11) is 1.89. The molecule has 0 spiro atoms. The van der Waals surface area contributed by atoms with Crippen LogP contribution in [0.3, 0.4) is 0 Å². The van der Waals surface area contributed by atoms with Crippen LogP contribution in [0.25, 0.3) is 10.4 Å². The highest BCUT2D eigenvalue weighted by Gasteiger charge is 2.37. The summed E-state index contributed by atoms with van der Waals surface area (Å²) in [6.07, 6.45) is 7.92. The van der Waals surface area contributed by atoms with Gasteiger partial charge in [0.25, 0.3) is 5.91 Å². The number of carbonyl (C=O) groups excluding carboxylic acids is 2. The lowest BCUT2D eigenvalue weighted by molar-refractivity contribution is 0.0740. The quantitative estimate of drug-likeness (QED) is 0.502. The minimum Gasteiger partial charge on any atom is -0.336 e. The zero-order valence-electron chi connectivity index (χ0n) is 23.5. The van der Waals surface area contributed by atoms with Gasteiger partial charge in [0.15, 0.2) is 0 Å². The van der Waals surface area contributed by atoms with Gasteiger partial charge in [-0.3, -0.25) is 4.79 Å². The van der Waals surface area contributed by atoms with Crippen molar-refractivity contribution in [1.82, 2.24) is 20.0 Å².